The smallest absolute Gasteiger partial charge is 0.0940 e. The van der Waals surface area contributed by atoms with E-state index in [1.165, 1.54) is 0 Å². The lowest BCUT2D eigenvalue weighted by molar-refractivity contribution is -0.107. The molecule has 2 fully saturated rings. The second-order valence-electron chi connectivity index (χ2n) is 5.35. The van der Waals surface area contributed by atoms with E-state index in [2.05, 4.69) is 13.8 Å². The van der Waals surface area contributed by atoms with Crippen molar-refractivity contribution in [2.24, 2.45) is 11.7 Å². The van der Waals surface area contributed by atoms with Gasteiger partial charge in [0.2, 0.25) is 0 Å². The Labute approximate surface area is 85.9 Å². The van der Waals surface area contributed by atoms with Crippen LogP contribution in [0.2, 0.25) is 0 Å². The standard InChI is InChI=1S/C11H21NO2/c1-10(2,12)9-3-5-14-11(7-9)4-6-13-8-11/h9H,3-8,12H2,1-2H3. The van der Waals surface area contributed by atoms with Crippen LogP contribution in [0.5, 0.6) is 0 Å². The molecule has 82 valence electrons. The van der Waals surface area contributed by atoms with Gasteiger partial charge >= 0.3 is 0 Å². The van der Waals surface area contributed by atoms with Gasteiger partial charge in [-0.25, -0.2) is 0 Å². The Balaban J connectivity index is 2.03. The summed E-state index contributed by atoms with van der Waals surface area (Å²) in [6, 6.07) is 0. The van der Waals surface area contributed by atoms with Crippen molar-refractivity contribution in [3.05, 3.63) is 0 Å². The number of ether oxygens (including phenoxy) is 2. The molecule has 2 atom stereocenters. The first-order valence-electron chi connectivity index (χ1n) is 5.52. The van der Waals surface area contributed by atoms with Crippen molar-refractivity contribution in [1.29, 1.82) is 0 Å². The lowest BCUT2D eigenvalue weighted by atomic mass is 9.76. The Bertz CT molecular complexity index is 204. The summed E-state index contributed by atoms with van der Waals surface area (Å²) in [6.45, 7) is 6.69. The van der Waals surface area contributed by atoms with Crippen molar-refractivity contribution in [2.75, 3.05) is 19.8 Å². The minimum Gasteiger partial charge on any atom is -0.378 e. The largest absolute Gasteiger partial charge is 0.378 e. The fourth-order valence-electron chi connectivity index (χ4n) is 2.53. The van der Waals surface area contributed by atoms with Crippen molar-refractivity contribution in [2.45, 2.75) is 44.2 Å². The number of hydrogen-bond donors (Lipinski definition) is 1. The van der Waals surface area contributed by atoms with E-state index in [0.29, 0.717) is 5.92 Å². The zero-order valence-electron chi connectivity index (χ0n) is 9.21. The van der Waals surface area contributed by atoms with Gasteiger partial charge in [-0.3, -0.25) is 0 Å². The highest BCUT2D eigenvalue weighted by molar-refractivity contribution is 4.95. The molecular formula is C11H21NO2. The summed E-state index contributed by atoms with van der Waals surface area (Å²) in [4.78, 5) is 0. The maximum Gasteiger partial charge on any atom is 0.0940 e. The molecule has 2 N–H and O–H groups in total. The van der Waals surface area contributed by atoms with Gasteiger partial charge in [-0.15, -0.1) is 0 Å². The zero-order chi connectivity index (χ0) is 10.2. The maximum absolute atomic E-state index is 6.16. The fourth-order valence-corrected chi connectivity index (χ4v) is 2.53. The van der Waals surface area contributed by atoms with Gasteiger partial charge < -0.3 is 15.2 Å². The van der Waals surface area contributed by atoms with Crippen LogP contribution >= 0.6 is 0 Å². The molecule has 0 aromatic carbocycles. The Morgan fingerprint density at radius 3 is 2.71 bits per heavy atom. The summed E-state index contributed by atoms with van der Waals surface area (Å²) in [5.41, 5.74) is 6.08. The van der Waals surface area contributed by atoms with Gasteiger partial charge in [0.15, 0.2) is 0 Å². The second-order valence-corrected chi connectivity index (χ2v) is 5.35. The average molecular weight is 199 g/mol. The van der Waals surface area contributed by atoms with E-state index >= 15 is 0 Å². The summed E-state index contributed by atoms with van der Waals surface area (Å²) in [7, 11) is 0. The van der Waals surface area contributed by atoms with Crippen molar-refractivity contribution < 1.29 is 9.47 Å². The highest BCUT2D eigenvalue weighted by atomic mass is 16.6. The predicted molar refractivity (Wildman–Crippen MR) is 55.1 cm³/mol. The van der Waals surface area contributed by atoms with E-state index in [1.54, 1.807) is 0 Å². The molecule has 0 saturated carbocycles. The molecule has 0 amide bonds. The minimum absolute atomic E-state index is 0.000440. The molecule has 2 aliphatic rings. The van der Waals surface area contributed by atoms with Gasteiger partial charge in [0.05, 0.1) is 12.2 Å². The van der Waals surface area contributed by atoms with E-state index < -0.39 is 0 Å². The molecule has 3 heteroatoms. The molecular weight excluding hydrogens is 178 g/mol. The monoisotopic (exact) mass is 199 g/mol. The first-order valence-corrected chi connectivity index (χ1v) is 5.52. The van der Waals surface area contributed by atoms with Gasteiger partial charge in [0, 0.05) is 25.2 Å². The summed E-state index contributed by atoms with van der Waals surface area (Å²) in [5, 5.41) is 0. The molecule has 2 rings (SSSR count). The molecule has 1 spiro atoms. The summed E-state index contributed by atoms with van der Waals surface area (Å²) < 4.78 is 11.3. The van der Waals surface area contributed by atoms with Gasteiger partial charge in [-0.1, -0.05) is 0 Å². The highest BCUT2D eigenvalue weighted by Gasteiger charge is 2.43. The molecule has 0 bridgehead atoms. The van der Waals surface area contributed by atoms with Crippen LogP contribution in [0, 0.1) is 5.92 Å². The van der Waals surface area contributed by atoms with E-state index in [1.807, 2.05) is 0 Å². The fraction of sp³-hybridized carbons (Fsp3) is 1.00. The van der Waals surface area contributed by atoms with Crippen LogP contribution in [-0.2, 0) is 9.47 Å². The molecule has 0 radical (unpaired) electrons. The minimum atomic E-state index is -0.0840. The van der Waals surface area contributed by atoms with Crippen LogP contribution in [0.15, 0.2) is 0 Å². The average Bonchev–Trinajstić information content (AvgIpc) is 2.52. The van der Waals surface area contributed by atoms with Gasteiger partial charge in [-0.05, 0) is 32.6 Å². The van der Waals surface area contributed by atoms with Crippen LogP contribution < -0.4 is 5.73 Å². The predicted octanol–water partition coefficient (Wildman–Crippen LogP) is 1.31. The quantitative estimate of drug-likeness (QED) is 0.692. The Morgan fingerprint density at radius 1 is 1.36 bits per heavy atom. The van der Waals surface area contributed by atoms with Crippen molar-refractivity contribution >= 4 is 0 Å². The third kappa shape index (κ3) is 1.95. The summed E-state index contributed by atoms with van der Waals surface area (Å²) in [5.74, 6) is 0.568. The molecule has 0 aromatic heterocycles. The third-order valence-corrected chi connectivity index (χ3v) is 3.61. The lowest BCUT2D eigenvalue weighted by Gasteiger charge is -2.42. The van der Waals surface area contributed by atoms with E-state index in [9.17, 15) is 0 Å². The first-order chi connectivity index (χ1) is 6.52. The highest BCUT2D eigenvalue weighted by Crippen LogP contribution is 2.39. The normalized spacial score (nSPS) is 39.2. The first kappa shape index (κ1) is 10.4. The molecule has 2 unspecified atom stereocenters. The molecule has 2 saturated heterocycles. The number of nitrogens with two attached hydrogens (primary N) is 1. The zero-order valence-corrected chi connectivity index (χ0v) is 9.21. The third-order valence-electron chi connectivity index (χ3n) is 3.61. The second kappa shape index (κ2) is 3.47. The Hall–Kier alpha value is -0.120. The SMILES string of the molecule is CC(C)(N)C1CCOC2(CCOC2)C1. The molecule has 2 aliphatic heterocycles. The molecule has 14 heavy (non-hydrogen) atoms. The molecule has 3 nitrogen and oxygen atoms in total. The van der Waals surface area contributed by atoms with Crippen LogP contribution in [-0.4, -0.2) is 31.0 Å². The topological polar surface area (TPSA) is 44.5 Å². The van der Waals surface area contributed by atoms with Crippen LogP contribution in [0.1, 0.15) is 33.1 Å². The maximum atomic E-state index is 6.16. The van der Waals surface area contributed by atoms with Crippen molar-refractivity contribution in [1.82, 2.24) is 0 Å². The summed E-state index contributed by atoms with van der Waals surface area (Å²) >= 11 is 0. The van der Waals surface area contributed by atoms with Crippen LogP contribution in [0.3, 0.4) is 0 Å². The van der Waals surface area contributed by atoms with Gasteiger partial charge in [-0.2, -0.15) is 0 Å². The van der Waals surface area contributed by atoms with Crippen LogP contribution in [0.25, 0.3) is 0 Å². The molecule has 2 heterocycles. The van der Waals surface area contributed by atoms with Crippen molar-refractivity contribution in [3.8, 4) is 0 Å². The Morgan fingerprint density at radius 2 is 2.14 bits per heavy atom. The molecule has 0 aromatic rings. The van der Waals surface area contributed by atoms with Gasteiger partial charge in [0.25, 0.3) is 0 Å². The molecule has 0 aliphatic carbocycles. The van der Waals surface area contributed by atoms with E-state index in [0.717, 1.165) is 39.1 Å². The van der Waals surface area contributed by atoms with Crippen molar-refractivity contribution in [3.63, 3.8) is 0 Å². The Kier molecular flexibility index (Phi) is 2.58. The van der Waals surface area contributed by atoms with Gasteiger partial charge in [0.1, 0.15) is 0 Å². The summed E-state index contributed by atoms with van der Waals surface area (Å²) in [6.07, 6.45) is 3.20. The van der Waals surface area contributed by atoms with E-state index in [4.69, 9.17) is 15.2 Å². The van der Waals surface area contributed by atoms with Crippen LogP contribution in [0.4, 0.5) is 0 Å². The number of rotatable bonds is 1. The van der Waals surface area contributed by atoms with E-state index in [-0.39, 0.29) is 11.1 Å². The lowest BCUT2D eigenvalue weighted by Crippen LogP contribution is -2.50. The number of hydrogen-bond acceptors (Lipinski definition) is 3.